The number of rotatable bonds is 6. The van der Waals surface area contributed by atoms with Gasteiger partial charge in [0, 0.05) is 0 Å². The molecule has 0 aliphatic heterocycles. The first-order chi connectivity index (χ1) is 9.95. The lowest BCUT2D eigenvalue weighted by atomic mass is 10.3. The van der Waals surface area contributed by atoms with Gasteiger partial charge in [-0.1, -0.05) is 0 Å². The van der Waals surface area contributed by atoms with Gasteiger partial charge in [0.05, 0.1) is 4.90 Å². The number of hydrogen-bond acceptors (Lipinski definition) is 4. The van der Waals surface area contributed by atoms with Crippen LogP contribution < -0.4 is 14.6 Å². The zero-order valence-electron chi connectivity index (χ0n) is 11.0. The van der Waals surface area contributed by atoms with Crippen LogP contribution in [0.3, 0.4) is 0 Å². The maximum atomic E-state index is 12.7. The Bertz CT molecular complexity index is 684. The molecule has 0 amide bonds. The summed E-state index contributed by atoms with van der Waals surface area (Å²) in [4.78, 5) is 0.0254. The van der Waals surface area contributed by atoms with Crippen LogP contribution in [0.15, 0.2) is 53.4 Å². The molecule has 112 valence electrons. The van der Waals surface area contributed by atoms with Crippen LogP contribution in [-0.2, 0) is 10.0 Å². The van der Waals surface area contributed by atoms with Crippen LogP contribution in [0, 0.1) is 5.82 Å². The fourth-order valence-corrected chi connectivity index (χ4v) is 2.09. The lowest BCUT2D eigenvalue weighted by Gasteiger charge is -2.08. The van der Waals surface area contributed by atoms with E-state index in [4.69, 9.17) is 14.6 Å². The average molecular weight is 311 g/mol. The second-order valence-corrected chi connectivity index (χ2v) is 5.73. The second kappa shape index (κ2) is 6.55. The van der Waals surface area contributed by atoms with Crippen molar-refractivity contribution in [3.63, 3.8) is 0 Å². The topological polar surface area (TPSA) is 78.6 Å². The minimum absolute atomic E-state index is 0.0254. The number of primary sulfonamides is 1. The highest BCUT2D eigenvalue weighted by atomic mass is 32.2. The van der Waals surface area contributed by atoms with E-state index in [9.17, 15) is 12.8 Å². The summed E-state index contributed by atoms with van der Waals surface area (Å²) in [5.74, 6) is 0.725. The fraction of sp³-hybridized carbons (Fsp3) is 0.143. The van der Waals surface area contributed by atoms with E-state index in [1.54, 1.807) is 0 Å². The molecule has 0 atom stereocenters. The number of benzene rings is 2. The molecule has 0 aromatic heterocycles. The van der Waals surface area contributed by atoms with Crippen molar-refractivity contribution in [1.82, 2.24) is 0 Å². The Hall–Kier alpha value is -2.12. The van der Waals surface area contributed by atoms with Gasteiger partial charge in [0.15, 0.2) is 0 Å². The third-order valence-electron chi connectivity index (χ3n) is 2.59. The fourth-order valence-electron chi connectivity index (χ4n) is 1.58. The lowest BCUT2D eigenvalue weighted by Crippen LogP contribution is -2.12. The van der Waals surface area contributed by atoms with Crippen LogP contribution in [0.25, 0.3) is 0 Å². The minimum atomic E-state index is -3.70. The Morgan fingerprint density at radius 1 is 0.857 bits per heavy atom. The van der Waals surface area contributed by atoms with Crippen LogP contribution in [0.2, 0.25) is 0 Å². The van der Waals surface area contributed by atoms with Gasteiger partial charge in [-0.05, 0) is 48.5 Å². The van der Waals surface area contributed by atoms with Crippen molar-refractivity contribution < 1.29 is 22.3 Å². The molecular formula is C14H14FNO4S. The van der Waals surface area contributed by atoms with Crippen molar-refractivity contribution in [1.29, 1.82) is 0 Å². The predicted molar refractivity (Wildman–Crippen MR) is 75.2 cm³/mol. The molecule has 0 heterocycles. The van der Waals surface area contributed by atoms with Gasteiger partial charge >= 0.3 is 0 Å². The molecule has 0 radical (unpaired) electrons. The molecule has 0 saturated carbocycles. The number of sulfonamides is 1. The number of nitrogens with two attached hydrogens (primary N) is 1. The summed E-state index contributed by atoms with van der Waals surface area (Å²) in [6.45, 7) is 0.550. The molecule has 0 spiro atoms. The van der Waals surface area contributed by atoms with Crippen LogP contribution in [0.4, 0.5) is 4.39 Å². The number of halogens is 1. The molecule has 5 nitrogen and oxygen atoms in total. The van der Waals surface area contributed by atoms with Crippen molar-refractivity contribution in [2.45, 2.75) is 4.90 Å². The van der Waals surface area contributed by atoms with E-state index in [1.165, 1.54) is 48.5 Å². The average Bonchev–Trinajstić information content (AvgIpc) is 2.45. The molecule has 7 heteroatoms. The zero-order valence-corrected chi connectivity index (χ0v) is 11.8. The van der Waals surface area contributed by atoms with Gasteiger partial charge in [-0.25, -0.2) is 17.9 Å². The highest BCUT2D eigenvalue weighted by molar-refractivity contribution is 7.89. The Morgan fingerprint density at radius 3 is 1.71 bits per heavy atom. The highest BCUT2D eigenvalue weighted by Gasteiger charge is 2.06. The molecule has 0 unspecified atom stereocenters. The maximum Gasteiger partial charge on any atom is 0.238 e. The Morgan fingerprint density at radius 2 is 1.29 bits per heavy atom. The van der Waals surface area contributed by atoms with Gasteiger partial charge in [-0.3, -0.25) is 0 Å². The minimum Gasteiger partial charge on any atom is -0.490 e. The Kier molecular flexibility index (Phi) is 4.77. The van der Waals surface area contributed by atoms with Crippen LogP contribution in [-0.4, -0.2) is 21.6 Å². The summed E-state index contributed by atoms with van der Waals surface area (Å²) in [6, 6.07) is 11.4. The van der Waals surface area contributed by atoms with Crippen molar-refractivity contribution in [2.75, 3.05) is 13.2 Å². The van der Waals surface area contributed by atoms with E-state index in [1.807, 2.05) is 0 Å². The van der Waals surface area contributed by atoms with Gasteiger partial charge in [0.2, 0.25) is 10.0 Å². The van der Waals surface area contributed by atoms with Crippen LogP contribution in [0.1, 0.15) is 0 Å². The summed E-state index contributed by atoms with van der Waals surface area (Å²) in [7, 11) is -3.70. The molecule has 0 aliphatic rings. The number of ether oxygens (including phenoxy) is 2. The van der Waals surface area contributed by atoms with E-state index >= 15 is 0 Å². The maximum absolute atomic E-state index is 12.7. The first kappa shape index (κ1) is 15.3. The summed E-state index contributed by atoms with van der Waals surface area (Å²) in [6.07, 6.45) is 0. The van der Waals surface area contributed by atoms with Gasteiger partial charge in [0.1, 0.15) is 30.5 Å². The summed E-state index contributed by atoms with van der Waals surface area (Å²) < 4.78 is 45.6. The molecule has 21 heavy (non-hydrogen) atoms. The molecule has 2 rings (SSSR count). The van der Waals surface area contributed by atoms with Crippen molar-refractivity contribution in [3.05, 3.63) is 54.3 Å². The monoisotopic (exact) mass is 311 g/mol. The molecule has 2 N–H and O–H groups in total. The molecule has 2 aromatic rings. The largest absolute Gasteiger partial charge is 0.490 e. The van der Waals surface area contributed by atoms with E-state index in [-0.39, 0.29) is 23.9 Å². The quantitative estimate of drug-likeness (QED) is 0.827. The Labute approximate surface area is 122 Å². The van der Waals surface area contributed by atoms with E-state index in [0.717, 1.165) is 0 Å². The molecule has 0 aliphatic carbocycles. The first-order valence-electron chi connectivity index (χ1n) is 6.09. The van der Waals surface area contributed by atoms with Crippen molar-refractivity contribution in [2.24, 2.45) is 5.14 Å². The smallest absolute Gasteiger partial charge is 0.238 e. The van der Waals surface area contributed by atoms with E-state index in [2.05, 4.69) is 0 Å². The van der Waals surface area contributed by atoms with Crippen LogP contribution >= 0.6 is 0 Å². The van der Waals surface area contributed by atoms with Gasteiger partial charge < -0.3 is 9.47 Å². The van der Waals surface area contributed by atoms with Crippen LogP contribution in [0.5, 0.6) is 11.5 Å². The van der Waals surface area contributed by atoms with Gasteiger partial charge in [0.25, 0.3) is 0 Å². The summed E-state index contributed by atoms with van der Waals surface area (Å²) in [5, 5.41) is 4.99. The normalized spacial score (nSPS) is 11.1. The summed E-state index contributed by atoms with van der Waals surface area (Å²) >= 11 is 0. The van der Waals surface area contributed by atoms with E-state index in [0.29, 0.717) is 11.5 Å². The third kappa shape index (κ3) is 4.73. The zero-order chi connectivity index (χ0) is 15.3. The first-order valence-corrected chi connectivity index (χ1v) is 7.64. The predicted octanol–water partition coefficient (Wildman–Crippen LogP) is 1.93. The van der Waals surface area contributed by atoms with Gasteiger partial charge in [-0.2, -0.15) is 0 Å². The van der Waals surface area contributed by atoms with E-state index < -0.39 is 10.0 Å². The third-order valence-corrected chi connectivity index (χ3v) is 3.52. The van der Waals surface area contributed by atoms with Crippen molar-refractivity contribution >= 4 is 10.0 Å². The summed E-state index contributed by atoms with van der Waals surface area (Å²) in [5.41, 5.74) is 0. The van der Waals surface area contributed by atoms with Gasteiger partial charge in [-0.15, -0.1) is 0 Å². The van der Waals surface area contributed by atoms with Crippen molar-refractivity contribution in [3.8, 4) is 11.5 Å². The molecule has 0 bridgehead atoms. The Balaban J connectivity index is 1.80. The highest BCUT2D eigenvalue weighted by Crippen LogP contribution is 2.15. The molecule has 0 fully saturated rings. The SMILES string of the molecule is NS(=O)(=O)c1ccc(OCCOc2ccc(F)cc2)cc1. The number of hydrogen-bond donors (Lipinski definition) is 1. The molecule has 2 aromatic carbocycles. The molecule has 0 saturated heterocycles. The molecular weight excluding hydrogens is 297 g/mol. The standard InChI is InChI=1S/C14H14FNO4S/c15-11-1-3-12(4-2-11)19-9-10-20-13-5-7-14(8-6-13)21(16,17)18/h1-8H,9-10H2,(H2,16,17,18). The lowest BCUT2D eigenvalue weighted by molar-refractivity contribution is 0.217. The second-order valence-electron chi connectivity index (χ2n) is 4.17.